The van der Waals surface area contributed by atoms with E-state index in [0.29, 0.717) is 15.8 Å². The summed E-state index contributed by atoms with van der Waals surface area (Å²) in [6.45, 7) is 0. The zero-order valence-corrected chi connectivity index (χ0v) is 11.7. The monoisotopic (exact) mass is 300 g/mol. The molecule has 0 unspecified atom stereocenters. The molecular weight excluding hydrogens is 288 g/mol. The van der Waals surface area contributed by atoms with Crippen LogP contribution in [0.2, 0.25) is 0 Å². The van der Waals surface area contributed by atoms with Crippen molar-refractivity contribution in [2.45, 2.75) is 0 Å². The minimum atomic E-state index is -0.119. The Labute approximate surface area is 123 Å². The number of nitrogens with zero attached hydrogens (tertiary/aromatic N) is 5. The smallest absolute Gasteiger partial charge is 0.215 e. The molecule has 106 valence electrons. The molecule has 0 saturated carbocycles. The Balaban J connectivity index is 2.17. The molecule has 0 atom stereocenters. The normalized spacial score (nSPS) is 11.2. The second kappa shape index (κ2) is 5.21. The Bertz CT molecular complexity index is 826. The van der Waals surface area contributed by atoms with Crippen LogP contribution in [0.3, 0.4) is 0 Å². The molecule has 0 fully saturated rings. The predicted octanol–water partition coefficient (Wildman–Crippen LogP) is 0.647. The molecule has 0 aliphatic heterocycles. The van der Waals surface area contributed by atoms with Crippen LogP contribution in [-0.4, -0.2) is 26.8 Å². The number of imidazole rings is 1. The number of guanidine groups is 1. The van der Waals surface area contributed by atoms with Crippen LogP contribution in [0, 0.1) is 0 Å². The fourth-order valence-electron chi connectivity index (χ4n) is 1.85. The molecule has 6 N–H and O–H groups in total. The van der Waals surface area contributed by atoms with Gasteiger partial charge in [-0.1, -0.05) is 41.7 Å². The van der Waals surface area contributed by atoms with Gasteiger partial charge in [0.25, 0.3) is 0 Å². The van der Waals surface area contributed by atoms with Crippen molar-refractivity contribution < 1.29 is 0 Å². The van der Waals surface area contributed by atoms with Crippen molar-refractivity contribution in [2.24, 2.45) is 21.7 Å². The molecule has 0 aliphatic carbocycles. The second-order valence-corrected chi connectivity index (χ2v) is 5.10. The van der Waals surface area contributed by atoms with Crippen LogP contribution in [-0.2, 0) is 0 Å². The molecule has 9 heteroatoms. The first-order valence-corrected chi connectivity index (χ1v) is 6.79. The van der Waals surface area contributed by atoms with Crippen LogP contribution in [0.1, 0.15) is 5.69 Å². The SMILES string of the molecule is NC(N)=N/N=C\c1c(-c2ccccc2)nc2sc(N)nn12. The first-order chi connectivity index (χ1) is 10.1. The average Bonchev–Trinajstić information content (AvgIpc) is 2.97. The minimum Gasteiger partial charge on any atom is -0.374 e. The second-order valence-electron chi connectivity index (χ2n) is 4.12. The van der Waals surface area contributed by atoms with Gasteiger partial charge in [-0.2, -0.15) is 9.62 Å². The molecular formula is C12H12N8S. The van der Waals surface area contributed by atoms with Gasteiger partial charge in [-0.25, -0.2) is 4.98 Å². The first-order valence-electron chi connectivity index (χ1n) is 5.97. The van der Waals surface area contributed by atoms with Crippen LogP contribution in [0.15, 0.2) is 40.5 Å². The summed E-state index contributed by atoms with van der Waals surface area (Å²) < 4.78 is 1.62. The standard InChI is InChI=1S/C12H12N8S/c13-10(14)18-16-6-8-9(7-4-2-1-3-5-7)17-12-20(8)19-11(15)21-12/h1-6H,(H2,15,19)(H4,13,14,18)/b16-6-. The van der Waals surface area contributed by atoms with Gasteiger partial charge in [0.1, 0.15) is 11.4 Å². The summed E-state index contributed by atoms with van der Waals surface area (Å²) >= 11 is 1.29. The first kappa shape index (κ1) is 13.1. The summed E-state index contributed by atoms with van der Waals surface area (Å²) in [7, 11) is 0. The summed E-state index contributed by atoms with van der Waals surface area (Å²) in [5.41, 5.74) is 18.6. The van der Waals surface area contributed by atoms with E-state index in [1.54, 1.807) is 4.52 Å². The molecule has 21 heavy (non-hydrogen) atoms. The third-order valence-corrected chi connectivity index (χ3v) is 3.39. The lowest BCUT2D eigenvalue weighted by molar-refractivity contribution is 0.970. The Morgan fingerprint density at radius 2 is 2.00 bits per heavy atom. The van der Waals surface area contributed by atoms with E-state index in [1.807, 2.05) is 30.3 Å². The van der Waals surface area contributed by atoms with Crippen LogP contribution >= 0.6 is 11.3 Å². The number of nitrogen functional groups attached to an aromatic ring is 1. The summed E-state index contributed by atoms with van der Waals surface area (Å²) in [6.07, 6.45) is 1.50. The lowest BCUT2D eigenvalue weighted by Gasteiger charge is -1.98. The zero-order valence-electron chi connectivity index (χ0n) is 10.8. The highest BCUT2D eigenvalue weighted by atomic mass is 32.1. The van der Waals surface area contributed by atoms with Gasteiger partial charge in [0.15, 0.2) is 0 Å². The van der Waals surface area contributed by atoms with Crippen molar-refractivity contribution in [3.8, 4) is 11.3 Å². The van der Waals surface area contributed by atoms with Crippen molar-refractivity contribution >= 4 is 33.6 Å². The lowest BCUT2D eigenvalue weighted by atomic mass is 10.1. The van der Waals surface area contributed by atoms with E-state index >= 15 is 0 Å². The van der Waals surface area contributed by atoms with E-state index in [4.69, 9.17) is 17.2 Å². The molecule has 2 heterocycles. The highest BCUT2D eigenvalue weighted by Crippen LogP contribution is 2.26. The van der Waals surface area contributed by atoms with E-state index in [2.05, 4.69) is 20.3 Å². The minimum absolute atomic E-state index is 0.119. The van der Waals surface area contributed by atoms with Crippen molar-refractivity contribution in [1.29, 1.82) is 0 Å². The highest BCUT2D eigenvalue weighted by molar-refractivity contribution is 7.20. The molecule has 3 aromatic rings. The topological polar surface area (TPSA) is 133 Å². The molecule has 0 saturated heterocycles. The molecule has 2 aromatic heterocycles. The largest absolute Gasteiger partial charge is 0.374 e. The van der Waals surface area contributed by atoms with Crippen molar-refractivity contribution in [1.82, 2.24) is 14.6 Å². The number of rotatable bonds is 3. The van der Waals surface area contributed by atoms with Crippen molar-refractivity contribution in [3.63, 3.8) is 0 Å². The predicted molar refractivity (Wildman–Crippen MR) is 84.1 cm³/mol. The summed E-state index contributed by atoms with van der Waals surface area (Å²) in [4.78, 5) is 5.22. The van der Waals surface area contributed by atoms with Crippen molar-refractivity contribution in [2.75, 3.05) is 5.73 Å². The van der Waals surface area contributed by atoms with E-state index in [1.165, 1.54) is 17.6 Å². The van der Waals surface area contributed by atoms with Crippen LogP contribution in [0.25, 0.3) is 16.2 Å². The molecule has 8 nitrogen and oxygen atoms in total. The van der Waals surface area contributed by atoms with Crippen molar-refractivity contribution in [3.05, 3.63) is 36.0 Å². The van der Waals surface area contributed by atoms with Gasteiger partial charge in [0, 0.05) is 5.56 Å². The van der Waals surface area contributed by atoms with E-state index in [9.17, 15) is 0 Å². The van der Waals surface area contributed by atoms with Gasteiger partial charge in [-0.15, -0.1) is 10.2 Å². The number of fused-ring (bicyclic) bond motifs is 1. The Morgan fingerprint density at radius 3 is 2.71 bits per heavy atom. The van der Waals surface area contributed by atoms with Gasteiger partial charge in [0.2, 0.25) is 16.1 Å². The fourth-order valence-corrected chi connectivity index (χ4v) is 2.53. The average molecular weight is 300 g/mol. The van der Waals surface area contributed by atoms with E-state index in [-0.39, 0.29) is 5.96 Å². The lowest BCUT2D eigenvalue weighted by Crippen LogP contribution is -2.21. The van der Waals surface area contributed by atoms with Gasteiger partial charge in [-0.05, 0) is 0 Å². The summed E-state index contributed by atoms with van der Waals surface area (Å²) in [5, 5.41) is 12.1. The number of hydrogen-bond donors (Lipinski definition) is 3. The van der Waals surface area contributed by atoms with E-state index in [0.717, 1.165) is 11.3 Å². The fraction of sp³-hybridized carbons (Fsp3) is 0. The number of anilines is 1. The number of benzene rings is 1. The maximum atomic E-state index is 5.70. The summed E-state index contributed by atoms with van der Waals surface area (Å²) in [6, 6.07) is 9.70. The molecule has 0 aliphatic rings. The highest BCUT2D eigenvalue weighted by Gasteiger charge is 2.15. The molecule has 0 radical (unpaired) electrons. The maximum Gasteiger partial charge on any atom is 0.215 e. The van der Waals surface area contributed by atoms with Gasteiger partial charge >= 0.3 is 0 Å². The third kappa shape index (κ3) is 2.54. The van der Waals surface area contributed by atoms with E-state index < -0.39 is 0 Å². The quantitative estimate of drug-likeness (QED) is 0.371. The molecule has 3 rings (SSSR count). The molecule has 0 bridgehead atoms. The Hall–Kier alpha value is -2.94. The summed E-state index contributed by atoms with van der Waals surface area (Å²) in [5.74, 6) is -0.119. The number of nitrogens with two attached hydrogens (primary N) is 3. The number of hydrogen-bond acceptors (Lipinski definition) is 6. The van der Waals surface area contributed by atoms with Crippen LogP contribution < -0.4 is 17.2 Å². The molecule has 0 spiro atoms. The van der Waals surface area contributed by atoms with Gasteiger partial charge in [-0.3, -0.25) is 0 Å². The Morgan fingerprint density at radius 1 is 1.24 bits per heavy atom. The molecule has 0 amide bonds. The van der Waals surface area contributed by atoms with Crippen LogP contribution in [0.5, 0.6) is 0 Å². The maximum absolute atomic E-state index is 5.70. The molecule has 1 aromatic carbocycles. The van der Waals surface area contributed by atoms with Crippen LogP contribution in [0.4, 0.5) is 5.13 Å². The number of aromatic nitrogens is 3. The van der Waals surface area contributed by atoms with Gasteiger partial charge in [0.05, 0.1) is 6.21 Å². The third-order valence-electron chi connectivity index (χ3n) is 2.65. The Kier molecular flexibility index (Phi) is 3.24. The van der Waals surface area contributed by atoms with Gasteiger partial charge < -0.3 is 17.2 Å². The zero-order chi connectivity index (χ0) is 14.8.